The van der Waals surface area contributed by atoms with Crippen LogP contribution in [-0.4, -0.2) is 64.7 Å². The lowest BCUT2D eigenvalue weighted by atomic mass is 9.73. The molecule has 174 valence electrons. The summed E-state index contributed by atoms with van der Waals surface area (Å²) in [5, 5.41) is 13.2. The molecule has 0 aromatic heterocycles. The number of aryl methyl sites for hydroxylation is 1. The fraction of sp³-hybridized carbons (Fsp3) is 0.481. The van der Waals surface area contributed by atoms with E-state index < -0.39 is 0 Å². The molecular weight excluding hydrogens is 414 g/mol. The number of hydrogen-bond acceptors (Lipinski definition) is 3. The second-order valence-electron chi connectivity index (χ2n) is 9.80. The molecule has 2 aromatic carbocycles. The monoisotopic (exact) mass is 447 g/mol. The molecule has 2 aromatic rings. The van der Waals surface area contributed by atoms with Gasteiger partial charge in [0.25, 0.3) is 0 Å². The third-order valence-corrected chi connectivity index (χ3v) is 7.62. The van der Waals surface area contributed by atoms with Crippen LogP contribution in [0.1, 0.15) is 49.1 Å². The standard InChI is InChI=1S/C27H33N3O3/c1-18-6-5-7-21(14-18)19-10-12-20(13-11-19)26-23-15-29(16-25(32)30(23)24(26)17-31)27(33)28-22-8-3-2-4-9-22/h5-7,10-14,22-24,26,31H,2-4,8-9,15-17H2,1H3,(H,28,33)/t23-,24+,26-/m0/s1. The van der Waals surface area contributed by atoms with Crippen LogP contribution in [0.15, 0.2) is 48.5 Å². The minimum Gasteiger partial charge on any atom is -0.394 e. The summed E-state index contributed by atoms with van der Waals surface area (Å²) < 4.78 is 0. The van der Waals surface area contributed by atoms with Crippen LogP contribution in [0, 0.1) is 6.92 Å². The normalized spacial score (nSPS) is 25.4. The smallest absolute Gasteiger partial charge is 0.318 e. The van der Waals surface area contributed by atoms with E-state index in [9.17, 15) is 14.7 Å². The van der Waals surface area contributed by atoms with Gasteiger partial charge in [0.1, 0.15) is 6.54 Å². The topological polar surface area (TPSA) is 72.9 Å². The van der Waals surface area contributed by atoms with Gasteiger partial charge < -0.3 is 20.2 Å². The Labute approximate surface area is 195 Å². The van der Waals surface area contributed by atoms with Crippen molar-refractivity contribution >= 4 is 11.9 Å². The van der Waals surface area contributed by atoms with Gasteiger partial charge in [-0.25, -0.2) is 4.79 Å². The van der Waals surface area contributed by atoms with Gasteiger partial charge in [-0.05, 0) is 36.5 Å². The summed E-state index contributed by atoms with van der Waals surface area (Å²) in [7, 11) is 0. The van der Waals surface area contributed by atoms with Crippen molar-refractivity contribution in [3.8, 4) is 11.1 Å². The van der Waals surface area contributed by atoms with E-state index >= 15 is 0 Å². The lowest BCUT2D eigenvalue weighted by Gasteiger charge is -2.58. The van der Waals surface area contributed by atoms with Gasteiger partial charge in [0.15, 0.2) is 0 Å². The molecule has 33 heavy (non-hydrogen) atoms. The Balaban J connectivity index is 1.31. The van der Waals surface area contributed by atoms with Crippen LogP contribution in [0.2, 0.25) is 0 Å². The van der Waals surface area contributed by atoms with Crippen LogP contribution >= 0.6 is 0 Å². The third-order valence-electron chi connectivity index (χ3n) is 7.62. The van der Waals surface area contributed by atoms with E-state index in [0.29, 0.717) is 6.54 Å². The maximum absolute atomic E-state index is 12.9. The fourth-order valence-corrected chi connectivity index (χ4v) is 5.89. The van der Waals surface area contributed by atoms with E-state index in [-0.39, 0.29) is 49.1 Å². The molecule has 0 bridgehead atoms. The zero-order valence-electron chi connectivity index (χ0n) is 19.2. The van der Waals surface area contributed by atoms with E-state index in [1.807, 2.05) is 0 Å². The highest BCUT2D eigenvalue weighted by molar-refractivity contribution is 5.87. The van der Waals surface area contributed by atoms with Crippen molar-refractivity contribution in [2.75, 3.05) is 19.7 Å². The van der Waals surface area contributed by atoms with Gasteiger partial charge in [-0.3, -0.25) is 4.79 Å². The van der Waals surface area contributed by atoms with Crippen molar-refractivity contribution < 1.29 is 14.7 Å². The third kappa shape index (κ3) is 4.24. The highest BCUT2D eigenvalue weighted by Crippen LogP contribution is 2.43. The fourth-order valence-electron chi connectivity index (χ4n) is 5.89. The van der Waals surface area contributed by atoms with Crippen LogP contribution in [-0.2, 0) is 4.79 Å². The van der Waals surface area contributed by atoms with E-state index in [4.69, 9.17) is 0 Å². The van der Waals surface area contributed by atoms with E-state index in [2.05, 4.69) is 60.8 Å². The van der Waals surface area contributed by atoms with Crippen LogP contribution < -0.4 is 5.32 Å². The summed E-state index contributed by atoms with van der Waals surface area (Å²) in [5.74, 6) is -0.0486. The first-order valence-corrected chi connectivity index (χ1v) is 12.2. The largest absolute Gasteiger partial charge is 0.394 e. The molecule has 3 aliphatic rings. The van der Waals surface area contributed by atoms with Crippen molar-refractivity contribution in [2.24, 2.45) is 0 Å². The quantitative estimate of drug-likeness (QED) is 0.751. The second kappa shape index (κ2) is 9.18. The van der Waals surface area contributed by atoms with Crippen LogP contribution in [0.5, 0.6) is 0 Å². The first kappa shape index (κ1) is 22.0. The van der Waals surface area contributed by atoms with Gasteiger partial charge in [-0.15, -0.1) is 0 Å². The number of rotatable bonds is 4. The SMILES string of the molecule is Cc1cccc(-c2ccc([C@@H]3[C@@H](CO)N4C(=O)CN(C(=O)NC5CCCCC5)C[C@@H]34)cc2)c1. The number of fused-ring (bicyclic) bond motifs is 1. The van der Waals surface area contributed by atoms with Crippen molar-refractivity contribution in [1.29, 1.82) is 0 Å². The van der Waals surface area contributed by atoms with Crippen molar-refractivity contribution in [3.05, 3.63) is 59.7 Å². The van der Waals surface area contributed by atoms with Gasteiger partial charge >= 0.3 is 6.03 Å². The van der Waals surface area contributed by atoms with E-state index in [1.54, 1.807) is 9.80 Å². The average molecular weight is 448 g/mol. The number of nitrogens with zero attached hydrogens (tertiary/aromatic N) is 2. The Bertz CT molecular complexity index is 1020. The van der Waals surface area contributed by atoms with Gasteiger partial charge in [0.05, 0.1) is 18.7 Å². The van der Waals surface area contributed by atoms with Crippen molar-refractivity contribution in [3.63, 3.8) is 0 Å². The molecule has 6 heteroatoms. The lowest BCUT2D eigenvalue weighted by Crippen LogP contribution is -2.74. The molecule has 3 amide bonds. The zero-order chi connectivity index (χ0) is 22.9. The minimum atomic E-state index is -0.226. The average Bonchev–Trinajstić information content (AvgIpc) is 2.81. The predicted molar refractivity (Wildman–Crippen MR) is 128 cm³/mol. The van der Waals surface area contributed by atoms with Crippen LogP contribution in [0.3, 0.4) is 0 Å². The molecule has 1 saturated carbocycles. The molecule has 2 heterocycles. The number of urea groups is 1. The van der Waals surface area contributed by atoms with Gasteiger partial charge in [-0.2, -0.15) is 0 Å². The Morgan fingerprint density at radius 2 is 1.82 bits per heavy atom. The first-order chi connectivity index (χ1) is 16.0. The number of hydrogen-bond donors (Lipinski definition) is 2. The number of amides is 3. The molecule has 1 aliphatic carbocycles. The first-order valence-electron chi connectivity index (χ1n) is 12.2. The number of piperazine rings is 1. The highest BCUT2D eigenvalue weighted by atomic mass is 16.3. The maximum Gasteiger partial charge on any atom is 0.318 e. The summed E-state index contributed by atoms with van der Waals surface area (Å²) in [6.45, 7) is 2.61. The summed E-state index contributed by atoms with van der Waals surface area (Å²) in [4.78, 5) is 29.2. The van der Waals surface area contributed by atoms with Crippen molar-refractivity contribution in [2.45, 2.75) is 63.1 Å². The zero-order valence-corrected chi connectivity index (χ0v) is 19.2. The summed E-state index contributed by atoms with van der Waals surface area (Å²) in [5.41, 5.74) is 4.65. The Hall–Kier alpha value is -2.86. The van der Waals surface area contributed by atoms with Crippen LogP contribution in [0.25, 0.3) is 11.1 Å². The summed E-state index contributed by atoms with van der Waals surface area (Å²) in [6, 6.07) is 16.6. The van der Waals surface area contributed by atoms with Gasteiger partial charge in [0, 0.05) is 18.5 Å². The molecular formula is C27H33N3O3. The van der Waals surface area contributed by atoms with Gasteiger partial charge in [-0.1, -0.05) is 73.4 Å². The number of carbonyl (C=O) groups is 2. The minimum absolute atomic E-state index is 0.0239. The molecule has 5 rings (SSSR count). The summed E-state index contributed by atoms with van der Waals surface area (Å²) >= 11 is 0. The Morgan fingerprint density at radius 3 is 2.52 bits per heavy atom. The molecule has 2 N–H and O–H groups in total. The van der Waals surface area contributed by atoms with Crippen LogP contribution in [0.4, 0.5) is 4.79 Å². The molecule has 0 unspecified atom stereocenters. The van der Waals surface area contributed by atoms with E-state index in [1.165, 1.54) is 17.5 Å². The number of aliphatic hydroxyl groups excluding tert-OH is 1. The molecule has 2 saturated heterocycles. The highest BCUT2D eigenvalue weighted by Gasteiger charge is 2.54. The number of nitrogens with one attached hydrogen (secondary N) is 1. The molecule has 3 fully saturated rings. The maximum atomic E-state index is 12.9. The Morgan fingerprint density at radius 1 is 1.06 bits per heavy atom. The number of benzene rings is 2. The molecule has 0 spiro atoms. The number of carbonyl (C=O) groups excluding carboxylic acids is 2. The molecule has 3 atom stereocenters. The van der Waals surface area contributed by atoms with Crippen molar-refractivity contribution in [1.82, 2.24) is 15.1 Å². The summed E-state index contributed by atoms with van der Waals surface area (Å²) in [6.07, 6.45) is 5.58. The Kier molecular flexibility index (Phi) is 6.11. The molecule has 2 aliphatic heterocycles. The predicted octanol–water partition coefficient (Wildman–Crippen LogP) is 3.68. The van der Waals surface area contributed by atoms with Gasteiger partial charge in [0.2, 0.25) is 5.91 Å². The second-order valence-corrected chi connectivity index (χ2v) is 9.80. The molecule has 0 radical (unpaired) electrons. The lowest BCUT2D eigenvalue weighted by molar-refractivity contribution is -0.159. The number of aliphatic hydroxyl groups is 1. The van der Waals surface area contributed by atoms with E-state index in [0.717, 1.165) is 36.8 Å². The molecule has 6 nitrogen and oxygen atoms in total.